The smallest absolute Gasteiger partial charge is 0.335 e. The Morgan fingerprint density at radius 2 is 2.16 bits per heavy atom. The lowest BCUT2D eigenvalue weighted by atomic mass is 10.1. The number of carboxylic acids is 1. The summed E-state index contributed by atoms with van der Waals surface area (Å²) >= 11 is 3.03. The van der Waals surface area contributed by atoms with Gasteiger partial charge in [0.15, 0.2) is 0 Å². The summed E-state index contributed by atoms with van der Waals surface area (Å²) in [7, 11) is 0. The molecule has 8 nitrogen and oxygen atoms in total. The maximum absolute atomic E-state index is 10.9. The van der Waals surface area contributed by atoms with Crippen molar-refractivity contribution in [3.8, 4) is 0 Å². The monoisotopic (exact) mass is 334 g/mol. The van der Waals surface area contributed by atoms with Gasteiger partial charge in [-0.1, -0.05) is 0 Å². The molecule has 0 saturated carbocycles. The van der Waals surface area contributed by atoms with Crippen molar-refractivity contribution < 1.29 is 25.0 Å². The Morgan fingerprint density at radius 3 is 2.63 bits per heavy atom. The number of aliphatic hydroxyl groups is 2. The Hall–Kier alpha value is -1.71. The van der Waals surface area contributed by atoms with Gasteiger partial charge >= 0.3 is 5.97 Å². The van der Waals surface area contributed by atoms with E-state index in [1.165, 1.54) is 6.07 Å². The van der Waals surface area contributed by atoms with Crippen molar-refractivity contribution in [2.45, 2.75) is 6.10 Å². The zero-order valence-electron chi connectivity index (χ0n) is 9.54. The number of anilines is 1. The van der Waals surface area contributed by atoms with E-state index in [9.17, 15) is 20.0 Å². The molecule has 0 aromatic heterocycles. The van der Waals surface area contributed by atoms with E-state index in [0.29, 0.717) is 0 Å². The molecule has 1 aromatic rings. The minimum absolute atomic E-state index is 0.0440. The van der Waals surface area contributed by atoms with E-state index in [1.54, 1.807) is 0 Å². The number of aliphatic hydroxyl groups excluding tert-OH is 2. The van der Waals surface area contributed by atoms with E-state index >= 15 is 0 Å². The molecule has 104 valence electrons. The lowest BCUT2D eigenvalue weighted by Gasteiger charge is -2.12. The van der Waals surface area contributed by atoms with Gasteiger partial charge in [0, 0.05) is 17.1 Å². The van der Waals surface area contributed by atoms with Crippen molar-refractivity contribution in [3.63, 3.8) is 0 Å². The average molecular weight is 335 g/mol. The van der Waals surface area contributed by atoms with Crippen LogP contribution in [0.4, 0.5) is 11.4 Å². The topological polar surface area (TPSA) is 133 Å². The fourth-order valence-corrected chi connectivity index (χ4v) is 1.91. The van der Waals surface area contributed by atoms with Crippen LogP contribution in [-0.4, -0.2) is 45.5 Å². The lowest BCUT2D eigenvalue weighted by Crippen LogP contribution is -2.23. The van der Waals surface area contributed by atoms with Crippen LogP contribution in [0.15, 0.2) is 16.6 Å². The molecule has 0 aliphatic heterocycles. The number of benzene rings is 1. The summed E-state index contributed by atoms with van der Waals surface area (Å²) in [4.78, 5) is 21.0. The van der Waals surface area contributed by atoms with Gasteiger partial charge in [0.2, 0.25) is 0 Å². The molecule has 0 spiro atoms. The highest BCUT2D eigenvalue weighted by Crippen LogP contribution is 2.34. The molecule has 0 radical (unpaired) electrons. The van der Waals surface area contributed by atoms with Gasteiger partial charge in [0.05, 0.1) is 23.2 Å². The van der Waals surface area contributed by atoms with Crippen molar-refractivity contribution in [3.05, 3.63) is 32.3 Å². The number of nitrogens with one attached hydrogen (secondary N) is 1. The normalized spacial score (nSPS) is 11.9. The zero-order chi connectivity index (χ0) is 14.6. The summed E-state index contributed by atoms with van der Waals surface area (Å²) in [6, 6.07) is 2.13. The first-order valence-corrected chi connectivity index (χ1v) is 5.90. The number of nitrogens with zero attached hydrogens (tertiary/aromatic N) is 1. The fourth-order valence-electron chi connectivity index (χ4n) is 1.32. The van der Waals surface area contributed by atoms with Crippen molar-refractivity contribution >= 4 is 33.3 Å². The molecule has 0 heterocycles. The van der Waals surface area contributed by atoms with E-state index in [2.05, 4.69) is 21.2 Å². The second kappa shape index (κ2) is 6.45. The van der Waals surface area contributed by atoms with Gasteiger partial charge in [-0.15, -0.1) is 0 Å². The van der Waals surface area contributed by atoms with Crippen molar-refractivity contribution in [1.29, 1.82) is 0 Å². The molecule has 0 fully saturated rings. The van der Waals surface area contributed by atoms with Crippen LogP contribution in [0.5, 0.6) is 0 Å². The zero-order valence-corrected chi connectivity index (χ0v) is 11.1. The summed E-state index contributed by atoms with van der Waals surface area (Å²) in [5.74, 6) is -1.29. The molecular weight excluding hydrogens is 324 g/mol. The van der Waals surface area contributed by atoms with Crippen LogP contribution in [0.25, 0.3) is 0 Å². The van der Waals surface area contributed by atoms with E-state index in [1.807, 2.05) is 0 Å². The number of aromatic carboxylic acids is 1. The van der Waals surface area contributed by atoms with Gasteiger partial charge < -0.3 is 20.6 Å². The third-order valence-electron chi connectivity index (χ3n) is 2.24. The number of carbonyl (C=O) groups is 1. The van der Waals surface area contributed by atoms with Crippen LogP contribution in [-0.2, 0) is 0 Å². The van der Waals surface area contributed by atoms with Gasteiger partial charge in [-0.25, -0.2) is 4.79 Å². The van der Waals surface area contributed by atoms with E-state index in [0.717, 1.165) is 6.07 Å². The Labute approximate surface area is 116 Å². The standard InChI is InChI=1S/C10H11BrN2O6/c11-7-1-5(10(16)17)2-8(13(18)19)9(7)12-3-6(15)4-14/h1-2,6,12,14-15H,3-4H2,(H,16,17). The molecule has 0 saturated heterocycles. The molecule has 1 unspecified atom stereocenters. The third-order valence-corrected chi connectivity index (χ3v) is 2.86. The second-order valence-electron chi connectivity index (χ2n) is 3.63. The predicted molar refractivity (Wildman–Crippen MR) is 69.3 cm³/mol. The number of hydrogen-bond acceptors (Lipinski definition) is 6. The molecule has 19 heavy (non-hydrogen) atoms. The summed E-state index contributed by atoms with van der Waals surface area (Å²) in [6.45, 7) is -0.603. The first-order valence-electron chi connectivity index (χ1n) is 5.10. The molecule has 0 aliphatic rings. The van der Waals surface area contributed by atoms with Crippen LogP contribution in [0.3, 0.4) is 0 Å². The van der Waals surface area contributed by atoms with Gasteiger partial charge in [-0.2, -0.15) is 0 Å². The van der Waals surface area contributed by atoms with E-state index in [-0.39, 0.29) is 22.3 Å². The van der Waals surface area contributed by atoms with Gasteiger partial charge in [0.1, 0.15) is 5.69 Å². The van der Waals surface area contributed by atoms with Crippen LogP contribution in [0.2, 0.25) is 0 Å². The summed E-state index contributed by atoms with van der Waals surface area (Å²) < 4.78 is 0.184. The average Bonchev–Trinajstić information content (AvgIpc) is 2.35. The van der Waals surface area contributed by atoms with E-state index < -0.39 is 29.3 Å². The molecular formula is C10H11BrN2O6. The highest BCUT2D eigenvalue weighted by molar-refractivity contribution is 9.10. The Morgan fingerprint density at radius 1 is 1.53 bits per heavy atom. The SMILES string of the molecule is O=C(O)c1cc(Br)c(NCC(O)CO)c([N+](=O)[O-])c1. The first kappa shape index (κ1) is 15.3. The van der Waals surface area contributed by atoms with Crippen molar-refractivity contribution in [2.75, 3.05) is 18.5 Å². The number of nitro groups is 1. The highest BCUT2D eigenvalue weighted by Gasteiger charge is 2.21. The largest absolute Gasteiger partial charge is 0.478 e. The van der Waals surface area contributed by atoms with Crippen molar-refractivity contribution in [2.24, 2.45) is 0 Å². The molecule has 0 amide bonds. The number of nitro benzene ring substituents is 1. The maximum Gasteiger partial charge on any atom is 0.335 e. The quantitative estimate of drug-likeness (QED) is 0.447. The predicted octanol–water partition coefficient (Wildman–Crippen LogP) is 0.821. The van der Waals surface area contributed by atoms with E-state index in [4.69, 9.17) is 10.2 Å². The molecule has 9 heteroatoms. The maximum atomic E-state index is 10.9. The molecule has 1 aromatic carbocycles. The molecule has 4 N–H and O–H groups in total. The van der Waals surface area contributed by atoms with Crippen LogP contribution >= 0.6 is 15.9 Å². The summed E-state index contributed by atoms with van der Waals surface area (Å²) in [5.41, 5.74) is -0.619. The molecule has 1 rings (SSSR count). The Kier molecular flexibility index (Phi) is 5.21. The minimum Gasteiger partial charge on any atom is -0.478 e. The number of hydrogen-bond donors (Lipinski definition) is 4. The first-order chi connectivity index (χ1) is 8.86. The van der Waals surface area contributed by atoms with Crippen LogP contribution < -0.4 is 5.32 Å². The second-order valence-corrected chi connectivity index (χ2v) is 4.49. The summed E-state index contributed by atoms with van der Waals surface area (Å²) in [5, 5.41) is 40.2. The van der Waals surface area contributed by atoms with Gasteiger partial charge in [-0.3, -0.25) is 10.1 Å². The summed E-state index contributed by atoms with van der Waals surface area (Å²) in [6.07, 6.45) is -1.08. The Bertz CT molecular complexity index is 507. The third kappa shape index (κ3) is 3.88. The number of carboxylic acid groups (broad SMARTS) is 1. The van der Waals surface area contributed by atoms with Crippen molar-refractivity contribution in [1.82, 2.24) is 0 Å². The Balaban J connectivity index is 3.15. The molecule has 0 aliphatic carbocycles. The van der Waals surface area contributed by atoms with Gasteiger partial charge in [0.25, 0.3) is 5.69 Å². The molecule has 1 atom stereocenters. The fraction of sp³-hybridized carbons (Fsp3) is 0.300. The van der Waals surface area contributed by atoms with Gasteiger partial charge in [-0.05, 0) is 22.0 Å². The highest BCUT2D eigenvalue weighted by atomic mass is 79.9. The minimum atomic E-state index is -1.29. The van der Waals surface area contributed by atoms with Crippen LogP contribution in [0.1, 0.15) is 10.4 Å². The molecule has 0 bridgehead atoms. The van der Waals surface area contributed by atoms with Crippen LogP contribution in [0, 0.1) is 10.1 Å². The lowest BCUT2D eigenvalue weighted by molar-refractivity contribution is -0.384. The number of halogens is 1. The number of rotatable bonds is 6.